The molecule has 0 bridgehead atoms. The van der Waals surface area contributed by atoms with Crippen molar-refractivity contribution in [2.75, 3.05) is 18.2 Å². The number of nitrogens with one attached hydrogen (secondary N) is 1. The summed E-state index contributed by atoms with van der Waals surface area (Å²) in [5.74, 6) is 1.83. The van der Waals surface area contributed by atoms with Crippen LogP contribution in [0.5, 0.6) is 5.75 Å². The second-order valence-corrected chi connectivity index (χ2v) is 6.40. The van der Waals surface area contributed by atoms with Gasteiger partial charge in [-0.05, 0) is 44.8 Å². The fourth-order valence-electron chi connectivity index (χ4n) is 1.44. The number of amidine groups is 1. The lowest BCUT2D eigenvalue weighted by atomic mass is 10.3. The average molecular weight is 380 g/mol. The second kappa shape index (κ2) is 5.63. The fourth-order valence-corrected chi connectivity index (χ4v) is 3.60. The summed E-state index contributed by atoms with van der Waals surface area (Å²) in [7, 11) is 1.65. The number of rotatable bonds is 2. The van der Waals surface area contributed by atoms with Crippen molar-refractivity contribution in [2.24, 2.45) is 4.99 Å². The Kier molecular flexibility index (Phi) is 4.38. The Labute approximate surface area is 122 Å². The van der Waals surface area contributed by atoms with Crippen molar-refractivity contribution in [3.63, 3.8) is 0 Å². The second-order valence-electron chi connectivity index (χ2n) is 3.69. The first-order chi connectivity index (χ1) is 8.10. The lowest BCUT2D eigenvalue weighted by molar-refractivity contribution is 0.412. The number of aliphatic imine (C=N–C) groups is 1. The van der Waals surface area contributed by atoms with Crippen LogP contribution in [0.1, 0.15) is 6.92 Å². The van der Waals surface area contributed by atoms with Crippen molar-refractivity contribution >= 4 is 54.5 Å². The molecule has 1 aliphatic heterocycles. The largest absolute Gasteiger partial charge is 0.495 e. The minimum absolute atomic E-state index is 0.388. The lowest BCUT2D eigenvalue weighted by Gasteiger charge is -2.11. The first-order valence-electron chi connectivity index (χ1n) is 5.11. The third-order valence-corrected chi connectivity index (χ3v) is 4.69. The molecule has 3 nitrogen and oxygen atoms in total. The first kappa shape index (κ1) is 13.2. The lowest BCUT2D eigenvalue weighted by Crippen LogP contribution is -2.06. The standard InChI is InChI=1S/C11H12Br2N2OS/c1-6-5-17-11(14-6)15-9-4-10(16-2)8(13)3-7(9)12/h3-4,6H,5H2,1-2H3,(H,14,15). The van der Waals surface area contributed by atoms with E-state index < -0.39 is 0 Å². The van der Waals surface area contributed by atoms with Crippen LogP contribution < -0.4 is 10.1 Å². The molecule has 1 aromatic rings. The molecule has 2 rings (SSSR count). The topological polar surface area (TPSA) is 33.6 Å². The monoisotopic (exact) mass is 378 g/mol. The van der Waals surface area contributed by atoms with E-state index in [2.05, 4.69) is 49.1 Å². The molecule has 1 unspecified atom stereocenters. The number of nitrogens with zero attached hydrogens (tertiary/aromatic N) is 1. The van der Waals surface area contributed by atoms with Gasteiger partial charge in [0.05, 0.1) is 23.3 Å². The maximum Gasteiger partial charge on any atom is 0.161 e. The molecule has 1 heterocycles. The van der Waals surface area contributed by atoms with Gasteiger partial charge in [0.15, 0.2) is 5.17 Å². The van der Waals surface area contributed by atoms with Crippen molar-refractivity contribution in [3.05, 3.63) is 21.1 Å². The smallest absolute Gasteiger partial charge is 0.161 e. The van der Waals surface area contributed by atoms with Crippen molar-refractivity contribution in [1.29, 1.82) is 0 Å². The molecule has 1 aromatic carbocycles. The number of benzene rings is 1. The Hall–Kier alpha value is -0.200. The average Bonchev–Trinajstić information content (AvgIpc) is 2.68. The number of thioether (sulfide) groups is 1. The summed E-state index contributed by atoms with van der Waals surface area (Å²) in [6.07, 6.45) is 0. The summed E-state index contributed by atoms with van der Waals surface area (Å²) in [4.78, 5) is 4.50. The zero-order valence-corrected chi connectivity index (χ0v) is 13.4. The molecule has 0 radical (unpaired) electrons. The van der Waals surface area contributed by atoms with Gasteiger partial charge in [-0.15, -0.1) is 0 Å². The fraction of sp³-hybridized carbons (Fsp3) is 0.364. The number of hydrogen-bond acceptors (Lipinski definition) is 4. The van der Waals surface area contributed by atoms with E-state index in [1.54, 1.807) is 18.9 Å². The molecular formula is C11H12Br2N2OS. The van der Waals surface area contributed by atoms with Crippen molar-refractivity contribution in [2.45, 2.75) is 13.0 Å². The highest BCUT2D eigenvalue weighted by Gasteiger charge is 2.15. The van der Waals surface area contributed by atoms with E-state index in [0.29, 0.717) is 6.04 Å². The van der Waals surface area contributed by atoms with E-state index in [4.69, 9.17) is 4.74 Å². The van der Waals surface area contributed by atoms with Gasteiger partial charge in [-0.2, -0.15) is 0 Å². The Morgan fingerprint density at radius 3 is 2.76 bits per heavy atom. The molecule has 0 amide bonds. The van der Waals surface area contributed by atoms with Gasteiger partial charge in [0.1, 0.15) is 5.75 Å². The molecule has 0 aromatic heterocycles. The molecular weight excluding hydrogens is 368 g/mol. The molecule has 92 valence electrons. The van der Waals surface area contributed by atoms with Crippen LogP contribution in [0, 0.1) is 0 Å². The van der Waals surface area contributed by atoms with Gasteiger partial charge in [0.25, 0.3) is 0 Å². The number of hydrogen-bond donors (Lipinski definition) is 1. The zero-order chi connectivity index (χ0) is 12.4. The third-order valence-electron chi connectivity index (χ3n) is 2.28. The van der Waals surface area contributed by atoms with Crippen LogP contribution in [0.25, 0.3) is 0 Å². The van der Waals surface area contributed by atoms with Gasteiger partial charge in [-0.25, -0.2) is 0 Å². The van der Waals surface area contributed by atoms with Crippen LogP contribution >= 0.6 is 43.6 Å². The Balaban J connectivity index is 2.23. The van der Waals surface area contributed by atoms with E-state index >= 15 is 0 Å². The molecule has 0 aliphatic carbocycles. The van der Waals surface area contributed by atoms with Crippen LogP contribution in [0.15, 0.2) is 26.1 Å². The highest BCUT2D eigenvalue weighted by Crippen LogP contribution is 2.35. The molecule has 1 aliphatic rings. The van der Waals surface area contributed by atoms with Crippen LogP contribution in [0.3, 0.4) is 0 Å². The van der Waals surface area contributed by atoms with E-state index in [0.717, 1.165) is 31.3 Å². The summed E-state index contributed by atoms with van der Waals surface area (Å²) in [5, 5.41) is 4.27. The number of ether oxygens (including phenoxy) is 1. The Morgan fingerprint density at radius 2 is 2.18 bits per heavy atom. The minimum Gasteiger partial charge on any atom is -0.495 e. The quantitative estimate of drug-likeness (QED) is 0.838. The Morgan fingerprint density at radius 1 is 1.41 bits per heavy atom. The van der Waals surface area contributed by atoms with Crippen LogP contribution in [0.4, 0.5) is 5.69 Å². The molecule has 1 N–H and O–H groups in total. The highest BCUT2D eigenvalue weighted by molar-refractivity contribution is 9.11. The van der Waals surface area contributed by atoms with E-state index in [-0.39, 0.29) is 0 Å². The highest BCUT2D eigenvalue weighted by atomic mass is 79.9. The Bertz CT molecular complexity index is 465. The number of methoxy groups -OCH3 is 1. The summed E-state index contributed by atoms with van der Waals surface area (Å²) in [6, 6.07) is 4.30. The first-order valence-corrected chi connectivity index (χ1v) is 7.68. The van der Waals surface area contributed by atoms with Crippen molar-refractivity contribution < 1.29 is 4.74 Å². The van der Waals surface area contributed by atoms with Gasteiger partial charge in [0, 0.05) is 16.3 Å². The molecule has 17 heavy (non-hydrogen) atoms. The molecule has 0 fully saturated rings. The van der Waals surface area contributed by atoms with Gasteiger partial charge in [-0.3, -0.25) is 4.99 Å². The maximum atomic E-state index is 5.27. The van der Waals surface area contributed by atoms with E-state index in [1.165, 1.54) is 0 Å². The molecule has 6 heteroatoms. The molecule has 1 atom stereocenters. The van der Waals surface area contributed by atoms with Gasteiger partial charge in [-0.1, -0.05) is 11.8 Å². The van der Waals surface area contributed by atoms with Crippen molar-refractivity contribution in [3.8, 4) is 5.75 Å². The maximum absolute atomic E-state index is 5.27. The van der Waals surface area contributed by atoms with Crippen LogP contribution in [-0.2, 0) is 0 Å². The molecule has 0 spiro atoms. The number of halogens is 2. The van der Waals surface area contributed by atoms with E-state index in [9.17, 15) is 0 Å². The SMILES string of the molecule is COc1cc(NC2=NC(C)CS2)c(Br)cc1Br. The summed E-state index contributed by atoms with van der Waals surface area (Å²) in [6.45, 7) is 2.11. The summed E-state index contributed by atoms with van der Waals surface area (Å²) in [5.41, 5.74) is 0.963. The minimum atomic E-state index is 0.388. The number of anilines is 1. The van der Waals surface area contributed by atoms with E-state index in [1.807, 2.05) is 12.1 Å². The molecule has 0 saturated heterocycles. The summed E-state index contributed by atoms with van der Waals surface area (Å²) >= 11 is 8.70. The predicted octanol–water partition coefficient (Wildman–Crippen LogP) is 4.12. The zero-order valence-electron chi connectivity index (χ0n) is 9.46. The van der Waals surface area contributed by atoms with Gasteiger partial charge >= 0.3 is 0 Å². The normalized spacial score (nSPS) is 19.1. The van der Waals surface area contributed by atoms with Crippen molar-refractivity contribution in [1.82, 2.24) is 0 Å². The summed E-state index contributed by atoms with van der Waals surface area (Å²) < 4.78 is 7.17. The van der Waals surface area contributed by atoms with Gasteiger partial charge in [0.2, 0.25) is 0 Å². The van der Waals surface area contributed by atoms with Crippen LogP contribution in [-0.4, -0.2) is 24.1 Å². The molecule has 0 saturated carbocycles. The van der Waals surface area contributed by atoms with Gasteiger partial charge < -0.3 is 10.1 Å². The predicted molar refractivity (Wildman–Crippen MR) is 81.4 cm³/mol. The third kappa shape index (κ3) is 3.17. The van der Waals surface area contributed by atoms with Crippen LogP contribution in [0.2, 0.25) is 0 Å².